The number of aromatic nitrogens is 1. The average molecular weight is 516 g/mol. The fourth-order valence-electron chi connectivity index (χ4n) is 6.32. The predicted molar refractivity (Wildman–Crippen MR) is 166 cm³/mol. The maximum Gasteiger partial charge on any atom is 0.143 e. The number of furan rings is 1. The largest absolute Gasteiger partial charge is 0.455 e. The van der Waals surface area contributed by atoms with Crippen molar-refractivity contribution >= 4 is 75.3 Å². The molecule has 0 radical (unpaired) electrons. The standard InChI is InChI=1S/C36H21NOS/c1-2-11-23(12-3-1)37-30-18-7-6-14-29(30)36-33(37)32-25(15-9-19-31(32)39-36)26-16-8-17-27-28-21-20-22-10-4-5-13-24(22)34(28)38-35(26)27/h1-21H. The van der Waals surface area contributed by atoms with Crippen molar-refractivity contribution in [2.24, 2.45) is 0 Å². The molecular formula is C36H21NOS. The van der Waals surface area contributed by atoms with Gasteiger partial charge >= 0.3 is 0 Å². The van der Waals surface area contributed by atoms with Crippen LogP contribution in [0.25, 0.3) is 80.7 Å². The lowest BCUT2D eigenvalue weighted by Gasteiger charge is -2.10. The third kappa shape index (κ3) is 2.85. The summed E-state index contributed by atoms with van der Waals surface area (Å²) < 4.78 is 11.8. The van der Waals surface area contributed by atoms with Crippen molar-refractivity contribution in [3.8, 4) is 16.8 Å². The van der Waals surface area contributed by atoms with Gasteiger partial charge in [-0.05, 0) is 41.3 Å². The van der Waals surface area contributed by atoms with Crippen molar-refractivity contribution in [2.75, 3.05) is 0 Å². The van der Waals surface area contributed by atoms with Crippen LogP contribution in [0.15, 0.2) is 132 Å². The summed E-state index contributed by atoms with van der Waals surface area (Å²) in [5, 5.41) is 7.22. The highest BCUT2D eigenvalue weighted by Gasteiger charge is 2.22. The quantitative estimate of drug-likeness (QED) is 0.224. The van der Waals surface area contributed by atoms with Gasteiger partial charge in [-0.1, -0.05) is 97.1 Å². The SMILES string of the molecule is c1ccc(-n2c3ccccc3c3sc4cccc(-c5cccc6c5oc5c7ccccc7ccc65)c4c32)cc1. The van der Waals surface area contributed by atoms with Gasteiger partial charge in [0.1, 0.15) is 11.2 Å². The maximum atomic E-state index is 6.76. The zero-order valence-electron chi connectivity index (χ0n) is 20.9. The number of fused-ring (bicyclic) bond motifs is 10. The second kappa shape index (κ2) is 7.83. The summed E-state index contributed by atoms with van der Waals surface area (Å²) in [6, 6.07) is 45.6. The molecule has 0 saturated carbocycles. The van der Waals surface area contributed by atoms with Crippen LogP contribution in [-0.4, -0.2) is 4.57 Å². The molecule has 0 N–H and O–H groups in total. The molecule has 9 rings (SSSR count). The van der Waals surface area contributed by atoms with Gasteiger partial charge in [0.15, 0.2) is 0 Å². The van der Waals surface area contributed by atoms with Crippen LogP contribution in [-0.2, 0) is 0 Å². The maximum absolute atomic E-state index is 6.76. The van der Waals surface area contributed by atoms with Gasteiger partial charge in [0, 0.05) is 42.9 Å². The van der Waals surface area contributed by atoms with Gasteiger partial charge in [-0.3, -0.25) is 0 Å². The van der Waals surface area contributed by atoms with Crippen LogP contribution in [0.1, 0.15) is 0 Å². The number of rotatable bonds is 2. The van der Waals surface area contributed by atoms with E-state index < -0.39 is 0 Å². The monoisotopic (exact) mass is 515 g/mol. The molecule has 39 heavy (non-hydrogen) atoms. The smallest absolute Gasteiger partial charge is 0.143 e. The van der Waals surface area contributed by atoms with Crippen molar-refractivity contribution < 1.29 is 4.42 Å². The van der Waals surface area contributed by atoms with E-state index in [0.717, 1.165) is 32.9 Å². The third-order valence-corrected chi connectivity index (χ3v) is 9.17. The first kappa shape index (κ1) is 21.1. The molecule has 0 spiro atoms. The Hall–Kier alpha value is -4.86. The highest BCUT2D eigenvalue weighted by Crippen LogP contribution is 2.47. The van der Waals surface area contributed by atoms with E-state index in [1.165, 1.54) is 47.8 Å². The van der Waals surface area contributed by atoms with Crippen molar-refractivity contribution in [1.82, 2.24) is 4.57 Å². The minimum Gasteiger partial charge on any atom is -0.455 e. The average Bonchev–Trinajstić information content (AvgIpc) is 3.66. The lowest BCUT2D eigenvalue weighted by atomic mass is 9.98. The Labute approximate surface area is 227 Å². The van der Waals surface area contributed by atoms with Gasteiger partial charge in [0.05, 0.1) is 15.7 Å². The van der Waals surface area contributed by atoms with Crippen LogP contribution in [0, 0.1) is 0 Å². The van der Waals surface area contributed by atoms with Crippen molar-refractivity contribution in [3.63, 3.8) is 0 Å². The number of hydrogen-bond acceptors (Lipinski definition) is 2. The van der Waals surface area contributed by atoms with E-state index in [4.69, 9.17) is 4.42 Å². The lowest BCUT2D eigenvalue weighted by Crippen LogP contribution is -1.93. The first-order valence-corrected chi connectivity index (χ1v) is 14.0. The molecule has 6 aromatic carbocycles. The van der Waals surface area contributed by atoms with E-state index in [9.17, 15) is 0 Å². The van der Waals surface area contributed by atoms with Crippen LogP contribution in [0.4, 0.5) is 0 Å². The van der Waals surface area contributed by atoms with Crippen LogP contribution in [0.3, 0.4) is 0 Å². The molecule has 0 unspecified atom stereocenters. The molecule has 0 aliphatic heterocycles. The number of para-hydroxylation sites is 3. The summed E-state index contributed by atoms with van der Waals surface area (Å²) in [6.07, 6.45) is 0. The van der Waals surface area contributed by atoms with Gasteiger partial charge in [-0.2, -0.15) is 0 Å². The number of nitrogens with zero attached hydrogens (tertiary/aromatic N) is 1. The molecule has 0 amide bonds. The topological polar surface area (TPSA) is 18.1 Å². The molecule has 182 valence electrons. The van der Waals surface area contributed by atoms with Gasteiger partial charge in [0.25, 0.3) is 0 Å². The number of benzene rings is 6. The normalized spacial score (nSPS) is 12.1. The molecule has 0 bridgehead atoms. The van der Waals surface area contributed by atoms with Crippen molar-refractivity contribution in [3.05, 3.63) is 127 Å². The molecule has 0 aliphatic carbocycles. The summed E-state index contributed by atoms with van der Waals surface area (Å²) in [4.78, 5) is 0. The second-order valence-electron chi connectivity index (χ2n) is 10.1. The molecule has 3 aromatic heterocycles. The second-order valence-corrected chi connectivity index (χ2v) is 11.1. The molecule has 0 saturated heterocycles. The Balaban J connectivity index is 1.44. The van der Waals surface area contributed by atoms with E-state index in [1.54, 1.807) is 0 Å². The minimum atomic E-state index is 0.943. The number of hydrogen-bond donors (Lipinski definition) is 0. The van der Waals surface area contributed by atoms with E-state index in [0.29, 0.717) is 0 Å². The lowest BCUT2D eigenvalue weighted by molar-refractivity contribution is 0.674. The van der Waals surface area contributed by atoms with Crippen molar-refractivity contribution in [1.29, 1.82) is 0 Å². The van der Waals surface area contributed by atoms with E-state index >= 15 is 0 Å². The fraction of sp³-hybridized carbons (Fsp3) is 0. The predicted octanol–water partition coefficient (Wildman–Crippen LogP) is 10.7. The van der Waals surface area contributed by atoms with Crippen LogP contribution in [0.5, 0.6) is 0 Å². The Morgan fingerprint density at radius 2 is 1.23 bits per heavy atom. The Morgan fingerprint density at radius 1 is 0.513 bits per heavy atom. The van der Waals surface area contributed by atoms with Crippen molar-refractivity contribution in [2.45, 2.75) is 0 Å². The first-order valence-electron chi connectivity index (χ1n) is 13.2. The van der Waals surface area contributed by atoms with E-state index in [2.05, 4.69) is 132 Å². The summed E-state index contributed by atoms with van der Waals surface area (Å²) in [7, 11) is 0. The molecule has 9 aromatic rings. The summed E-state index contributed by atoms with van der Waals surface area (Å²) in [6.45, 7) is 0. The molecular weight excluding hydrogens is 494 g/mol. The number of thiophene rings is 1. The first-order chi connectivity index (χ1) is 19.4. The summed E-state index contributed by atoms with van der Waals surface area (Å²) in [5.41, 5.74) is 7.89. The summed E-state index contributed by atoms with van der Waals surface area (Å²) >= 11 is 1.88. The zero-order chi connectivity index (χ0) is 25.5. The molecule has 3 heterocycles. The highest BCUT2D eigenvalue weighted by atomic mass is 32.1. The van der Waals surface area contributed by atoms with Crippen LogP contribution < -0.4 is 0 Å². The molecule has 2 nitrogen and oxygen atoms in total. The van der Waals surface area contributed by atoms with Gasteiger partial charge in [-0.15, -0.1) is 11.3 Å². The van der Waals surface area contributed by atoms with E-state index in [-0.39, 0.29) is 0 Å². The molecule has 3 heteroatoms. The van der Waals surface area contributed by atoms with Gasteiger partial charge in [0.2, 0.25) is 0 Å². The molecule has 0 fully saturated rings. The Kier molecular flexibility index (Phi) is 4.24. The summed E-state index contributed by atoms with van der Waals surface area (Å²) in [5.74, 6) is 0. The minimum absolute atomic E-state index is 0.943. The Morgan fingerprint density at radius 3 is 2.15 bits per heavy atom. The van der Waals surface area contributed by atoms with Crippen LogP contribution in [0.2, 0.25) is 0 Å². The zero-order valence-corrected chi connectivity index (χ0v) is 21.7. The van der Waals surface area contributed by atoms with Gasteiger partial charge < -0.3 is 8.98 Å². The highest BCUT2D eigenvalue weighted by molar-refractivity contribution is 7.26. The fourth-order valence-corrected chi connectivity index (χ4v) is 7.57. The van der Waals surface area contributed by atoms with Gasteiger partial charge in [-0.25, -0.2) is 0 Å². The van der Waals surface area contributed by atoms with E-state index in [1.807, 2.05) is 11.3 Å². The third-order valence-electron chi connectivity index (χ3n) is 8.00. The van der Waals surface area contributed by atoms with Crippen LogP contribution >= 0.6 is 11.3 Å². The molecule has 0 atom stereocenters. The Bertz CT molecular complexity index is 2390. The molecule has 0 aliphatic rings.